The second-order valence-corrected chi connectivity index (χ2v) is 5.90. The maximum absolute atomic E-state index is 12.2. The van der Waals surface area contributed by atoms with Crippen LogP contribution in [-0.2, 0) is 13.5 Å². The molecule has 1 aromatic rings. The zero-order valence-electron chi connectivity index (χ0n) is 12.8. The van der Waals surface area contributed by atoms with E-state index in [4.69, 9.17) is 0 Å². The molecule has 2 rings (SSSR count). The predicted octanol–water partition coefficient (Wildman–Crippen LogP) is 2.93. The topological polar surface area (TPSA) is 37.3 Å². The fraction of sp³-hybridized carbons (Fsp3) is 0.688. The third-order valence-corrected chi connectivity index (χ3v) is 4.15. The molecule has 0 aliphatic carbocycles. The molecule has 1 aliphatic rings. The van der Waals surface area contributed by atoms with Gasteiger partial charge in [-0.15, -0.1) is 0 Å². The maximum atomic E-state index is 12.2. The minimum absolute atomic E-state index is 0.117. The average molecular weight is 277 g/mol. The van der Waals surface area contributed by atoms with Crippen molar-refractivity contribution in [3.05, 3.63) is 24.0 Å². The molecule has 1 atom stereocenters. The standard InChI is InChI=1S/C16H27N3O/c1-14(9-10-15-8-7-11-18(15)2)17-16(20)19-12-5-3-4-6-13-19/h7-8,11,14H,3-6,9-10,12-13H2,1-2H3,(H,17,20). The molecule has 1 saturated heterocycles. The summed E-state index contributed by atoms with van der Waals surface area (Å²) in [5.41, 5.74) is 1.32. The molecule has 0 bridgehead atoms. The molecule has 0 spiro atoms. The van der Waals surface area contributed by atoms with E-state index in [2.05, 4.69) is 42.2 Å². The normalized spacial score (nSPS) is 17.6. The van der Waals surface area contributed by atoms with Crippen LogP contribution in [0.25, 0.3) is 0 Å². The van der Waals surface area contributed by atoms with Gasteiger partial charge in [-0.2, -0.15) is 0 Å². The van der Waals surface area contributed by atoms with Gasteiger partial charge in [0, 0.05) is 38.1 Å². The number of hydrogen-bond acceptors (Lipinski definition) is 1. The van der Waals surface area contributed by atoms with Crippen molar-refractivity contribution >= 4 is 6.03 Å². The van der Waals surface area contributed by atoms with Gasteiger partial charge in [0.2, 0.25) is 0 Å². The molecule has 1 aliphatic heterocycles. The van der Waals surface area contributed by atoms with Crippen LogP contribution in [-0.4, -0.2) is 34.6 Å². The van der Waals surface area contributed by atoms with Crippen molar-refractivity contribution in [2.24, 2.45) is 7.05 Å². The first kappa shape index (κ1) is 14.9. The first-order valence-corrected chi connectivity index (χ1v) is 7.82. The summed E-state index contributed by atoms with van der Waals surface area (Å²) in [5.74, 6) is 0. The Bertz CT molecular complexity index is 419. The fourth-order valence-electron chi connectivity index (χ4n) is 2.77. The number of nitrogens with one attached hydrogen (secondary N) is 1. The van der Waals surface area contributed by atoms with E-state index in [1.165, 1.54) is 18.5 Å². The largest absolute Gasteiger partial charge is 0.354 e. The summed E-state index contributed by atoms with van der Waals surface area (Å²) in [6.07, 6.45) is 8.86. The SMILES string of the molecule is CC(CCc1cccn1C)NC(=O)N1CCCCCC1. The number of nitrogens with zero attached hydrogens (tertiary/aromatic N) is 2. The summed E-state index contributed by atoms with van der Waals surface area (Å²) in [7, 11) is 2.07. The quantitative estimate of drug-likeness (QED) is 0.902. The number of aryl methyl sites for hydroxylation is 2. The molecule has 0 saturated carbocycles. The van der Waals surface area contributed by atoms with Crippen molar-refractivity contribution in [3.8, 4) is 0 Å². The van der Waals surface area contributed by atoms with Crippen LogP contribution < -0.4 is 5.32 Å². The molecular formula is C16H27N3O. The number of aromatic nitrogens is 1. The third-order valence-electron chi connectivity index (χ3n) is 4.15. The Balaban J connectivity index is 1.74. The molecule has 1 N–H and O–H groups in total. The van der Waals surface area contributed by atoms with Gasteiger partial charge in [0.05, 0.1) is 0 Å². The van der Waals surface area contributed by atoms with Gasteiger partial charge in [-0.25, -0.2) is 4.79 Å². The zero-order chi connectivity index (χ0) is 14.4. The first-order chi connectivity index (χ1) is 9.66. The Morgan fingerprint density at radius 1 is 1.30 bits per heavy atom. The minimum Gasteiger partial charge on any atom is -0.354 e. The van der Waals surface area contributed by atoms with Crippen molar-refractivity contribution in [2.45, 2.75) is 51.5 Å². The predicted molar refractivity (Wildman–Crippen MR) is 81.8 cm³/mol. The molecule has 1 unspecified atom stereocenters. The average Bonchev–Trinajstić information content (AvgIpc) is 2.68. The lowest BCUT2D eigenvalue weighted by Gasteiger charge is -2.23. The number of carbonyl (C=O) groups is 1. The smallest absolute Gasteiger partial charge is 0.317 e. The van der Waals surface area contributed by atoms with Gasteiger partial charge in [0.1, 0.15) is 0 Å². The van der Waals surface area contributed by atoms with E-state index in [0.717, 1.165) is 38.8 Å². The lowest BCUT2D eigenvalue weighted by atomic mass is 10.1. The molecule has 2 amide bonds. The summed E-state index contributed by atoms with van der Waals surface area (Å²) < 4.78 is 2.14. The summed E-state index contributed by atoms with van der Waals surface area (Å²) in [5, 5.41) is 3.14. The molecule has 0 aromatic carbocycles. The Morgan fingerprint density at radius 3 is 2.60 bits per heavy atom. The van der Waals surface area contributed by atoms with Gasteiger partial charge in [0.15, 0.2) is 0 Å². The highest BCUT2D eigenvalue weighted by molar-refractivity contribution is 5.74. The van der Waals surface area contributed by atoms with Gasteiger partial charge in [-0.1, -0.05) is 12.8 Å². The van der Waals surface area contributed by atoms with Crippen molar-refractivity contribution in [2.75, 3.05) is 13.1 Å². The lowest BCUT2D eigenvalue weighted by Crippen LogP contribution is -2.44. The van der Waals surface area contributed by atoms with Crippen LogP contribution in [0.15, 0.2) is 18.3 Å². The molecule has 4 nitrogen and oxygen atoms in total. The van der Waals surface area contributed by atoms with E-state index in [1.54, 1.807) is 0 Å². The highest BCUT2D eigenvalue weighted by Crippen LogP contribution is 2.10. The summed E-state index contributed by atoms with van der Waals surface area (Å²) in [4.78, 5) is 14.2. The molecule has 2 heterocycles. The van der Waals surface area contributed by atoms with E-state index in [9.17, 15) is 4.79 Å². The van der Waals surface area contributed by atoms with E-state index >= 15 is 0 Å². The van der Waals surface area contributed by atoms with Crippen LogP contribution in [0.1, 0.15) is 44.7 Å². The number of hydrogen-bond donors (Lipinski definition) is 1. The molecule has 1 fully saturated rings. The highest BCUT2D eigenvalue weighted by Gasteiger charge is 2.17. The Kier molecular flexibility index (Phi) is 5.50. The van der Waals surface area contributed by atoms with Crippen molar-refractivity contribution < 1.29 is 4.79 Å². The number of carbonyl (C=O) groups excluding carboxylic acids is 1. The first-order valence-electron chi connectivity index (χ1n) is 7.82. The van der Waals surface area contributed by atoms with Crippen molar-refractivity contribution in [1.82, 2.24) is 14.8 Å². The van der Waals surface area contributed by atoms with Gasteiger partial charge >= 0.3 is 6.03 Å². The monoisotopic (exact) mass is 277 g/mol. The molecular weight excluding hydrogens is 250 g/mol. The number of likely N-dealkylation sites (tertiary alicyclic amines) is 1. The summed E-state index contributed by atoms with van der Waals surface area (Å²) in [6.45, 7) is 3.92. The molecule has 112 valence electrons. The number of urea groups is 1. The van der Waals surface area contributed by atoms with E-state index in [-0.39, 0.29) is 12.1 Å². The number of rotatable bonds is 4. The second-order valence-electron chi connectivity index (χ2n) is 5.90. The lowest BCUT2D eigenvalue weighted by molar-refractivity contribution is 0.196. The minimum atomic E-state index is 0.117. The van der Waals surface area contributed by atoms with E-state index in [0.29, 0.717) is 0 Å². The van der Waals surface area contributed by atoms with Crippen LogP contribution in [0.2, 0.25) is 0 Å². The van der Waals surface area contributed by atoms with Gasteiger partial charge < -0.3 is 14.8 Å². The van der Waals surface area contributed by atoms with Crippen molar-refractivity contribution in [1.29, 1.82) is 0 Å². The van der Waals surface area contributed by atoms with E-state index < -0.39 is 0 Å². The Labute approximate surface area is 122 Å². The van der Waals surface area contributed by atoms with Gasteiger partial charge in [-0.05, 0) is 44.7 Å². The zero-order valence-corrected chi connectivity index (χ0v) is 12.8. The molecule has 4 heteroatoms. The Hall–Kier alpha value is -1.45. The summed E-state index contributed by atoms with van der Waals surface area (Å²) >= 11 is 0. The Morgan fingerprint density at radius 2 is 2.00 bits per heavy atom. The van der Waals surface area contributed by atoms with Gasteiger partial charge in [-0.3, -0.25) is 0 Å². The van der Waals surface area contributed by atoms with Crippen molar-refractivity contribution in [3.63, 3.8) is 0 Å². The molecule has 20 heavy (non-hydrogen) atoms. The van der Waals surface area contributed by atoms with Crippen LogP contribution in [0.4, 0.5) is 4.79 Å². The summed E-state index contributed by atoms with van der Waals surface area (Å²) in [6, 6.07) is 4.55. The highest BCUT2D eigenvalue weighted by atomic mass is 16.2. The van der Waals surface area contributed by atoms with Crippen LogP contribution in [0.5, 0.6) is 0 Å². The van der Waals surface area contributed by atoms with E-state index in [1.807, 2.05) is 4.90 Å². The molecule has 0 radical (unpaired) electrons. The van der Waals surface area contributed by atoms with Crippen LogP contribution in [0, 0.1) is 0 Å². The molecule has 1 aromatic heterocycles. The maximum Gasteiger partial charge on any atom is 0.317 e. The second kappa shape index (κ2) is 7.36. The fourth-order valence-corrected chi connectivity index (χ4v) is 2.77. The van der Waals surface area contributed by atoms with Crippen LogP contribution >= 0.6 is 0 Å². The number of amides is 2. The van der Waals surface area contributed by atoms with Crippen LogP contribution in [0.3, 0.4) is 0 Å². The van der Waals surface area contributed by atoms with Gasteiger partial charge in [0.25, 0.3) is 0 Å². The third kappa shape index (κ3) is 4.29.